The van der Waals surface area contributed by atoms with E-state index in [-0.39, 0.29) is 16.9 Å². The summed E-state index contributed by atoms with van der Waals surface area (Å²) in [5.41, 5.74) is 1.92. The van der Waals surface area contributed by atoms with Crippen LogP contribution in [0.2, 0.25) is 18.1 Å². The standard InChI is InChI=1S/C15H18O3.C6H16OSi/c1-17-15(16)14-9-5-8-13(14)11-18-10-12-6-3-2-4-7-12;1-6(2,3)8(4,5)7/h2-4,6-7,9,13H,5,8,10-11H2,1H3;7H,1-5H3. The number of carbonyl (C=O) groups is 1. The summed E-state index contributed by atoms with van der Waals surface area (Å²) in [5.74, 6) is -0.0398. The fraction of sp³-hybridized carbons (Fsp3) is 0.571. The Kier molecular flexibility index (Phi) is 8.73. The Hall–Kier alpha value is -1.43. The van der Waals surface area contributed by atoms with Gasteiger partial charge in [0.2, 0.25) is 0 Å². The van der Waals surface area contributed by atoms with Crippen LogP contribution in [0, 0.1) is 5.92 Å². The van der Waals surface area contributed by atoms with Crippen molar-refractivity contribution in [1.82, 2.24) is 0 Å². The number of hydrogen-bond acceptors (Lipinski definition) is 4. The molecule has 1 aliphatic rings. The van der Waals surface area contributed by atoms with E-state index in [1.165, 1.54) is 7.11 Å². The Morgan fingerprint density at radius 2 is 1.81 bits per heavy atom. The Morgan fingerprint density at radius 1 is 1.23 bits per heavy atom. The maximum Gasteiger partial charge on any atom is 0.333 e. The maximum absolute atomic E-state index is 11.5. The Balaban J connectivity index is 0.000000359. The van der Waals surface area contributed by atoms with Gasteiger partial charge in [-0.25, -0.2) is 4.79 Å². The number of rotatable bonds is 5. The van der Waals surface area contributed by atoms with E-state index in [4.69, 9.17) is 9.47 Å². The van der Waals surface area contributed by atoms with Gasteiger partial charge in [-0.15, -0.1) is 0 Å². The highest BCUT2D eigenvalue weighted by Crippen LogP contribution is 2.33. The van der Waals surface area contributed by atoms with Gasteiger partial charge < -0.3 is 14.3 Å². The highest BCUT2D eigenvalue weighted by Gasteiger charge is 2.33. The number of carbonyl (C=O) groups excluding carboxylic acids is 1. The second-order valence-corrected chi connectivity index (χ2v) is 12.9. The van der Waals surface area contributed by atoms with Crippen LogP contribution in [0.15, 0.2) is 42.0 Å². The van der Waals surface area contributed by atoms with E-state index >= 15 is 0 Å². The lowest BCUT2D eigenvalue weighted by Crippen LogP contribution is -2.36. The van der Waals surface area contributed by atoms with E-state index in [2.05, 4.69) is 20.8 Å². The predicted octanol–water partition coefficient (Wildman–Crippen LogP) is 4.70. The zero-order valence-electron chi connectivity index (χ0n) is 17.0. The molecule has 26 heavy (non-hydrogen) atoms. The molecule has 0 radical (unpaired) electrons. The second kappa shape index (κ2) is 10.0. The SMILES string of the molecule is CC(C)(C)[Si](C)(C)O.COC(=O)C1=CCCC1COCc1ccccc1. The molecule has 2 rings (SSSR count). The molecule has 1 aromatic rings. The van der Waals surface area contributed by atoms with Gasteiger partial charge in [0.05, 0.1) is 20.3 Å². The largest absolute Gasteiger partial charge is 0.466 e. The first kappa shape index (κ1) is 22.6. The molecular weight excluding hydrogens is 344 g/mol. The van der Waals surface area contributed by atoms with Crippen LogP contribution in [0.4, 0.5) is 0 Å². The minimum Gasteiger partial charge on any atom is -0.466 e. The summed E-state index contributed by atoms with van der Waals surface area (Å²) in [7, 11) is -0.439. The molecule has 5 heteroatoms. The van der Waals surface area contributed by atoms with Crippen molar-refractivity contribution in [3.63, 3.8) is 0 Å². The Morgan fingerprint density at radius 3 is 2.31 bits per heavy atom. The molecule has 0 bridgehead atoms. The minimum atomic E-state index is -1.86. The summed E-state index contributed by atoms with van der Waals surface area (Å²) in [6, 6.07) is 10.0. The third kappa shape index (κ3) is 7.44. The molecule has 0 spiro atoms. The van der Waals surface area contributed by atoms with Crippen LogP contribution >= 0.6 is 0 Å². The van der Waals surface area contributed by atoms with Crippen molar-refractivity contribution in [2.75, 3.05) is 13.7 Å². The summed E-state index contributed by atoms with van der Waals surface area (Å²) in [6.45, 7) is 11.3. The van der Waals surface area contributed by atoms with Gasteiger partial charge in [-0.2, -0.15) is 0 Å². The maximum atomic E-state index is 11.5. The molecule has 1 aliphatic carbocycles. The number of ether oxygens (including phenoxy) is 2. The van der Waals surface area contributed by atoms with Gasteiger partial charge in [0, 0.05) is 11.5 Å². The van der Waals surface area contributed by atoms with Crippen molar-refractivity contribution in [3.05, 3.63) is 47.5 Å². The average molecular weight is 379 g/mol. The number of methoxy groups -OCH3 is 1. The van der Waals surface area contributed by atoms with Crippen LogP contribution in [0.1, 0.15) is 39.2 Å². The number of allylic oxidation sites excluding steroid dienone is 1. The average Bonchev–Trinajstić information content (AvgIpc) is 3.02. The zero-order chi connectivity index (χ0) is 19.8. The number of esters is 1. The topological polar surface area (TPSA) is 55.8 Å². The van der Waals surface area contributed by atoms with E-state index < -0.39 is 8.32 Å². The summed E-state index contributed by atoms with van der Waals surface area (Å²) < 4.78 is 10.4. The molecule has 0 fully saturated rings. The molecule has 4 nitrogen and oxygen atoms in total. The van der Waals surface area contributed by atoms with Gasteiger partial charge in [0.1, 0.15) is 0 Å². The molecule has 0 saturated carbocycles. The van der Waals surface area contributed by atoms with E-state index in [0.29, 0.717) is 13.2 Å². The predicted molar refractivity (Wildman–Crippen MR) is 108 cm³/mol. The van der Waals surface area contributed by atoms with Crippen LogP contribution < -0.4 is 0 Å². The zero-order valence-corrected chi connectivity index (χ0v) is 18.0. The Labute approximate surface area is 159 Å². The van der Waals surface area contributed by atoms with Crippen molar-refractivity contribution in [3.8, 4) is 0 Å². The van der Waals surface area contributed by atoms with Crippen molar-refractivity contribution in [2.45, 2.75) is 58.4 Å². The molecule has 1 unspecified atom stereocenters. The molecule has 0 amide bonds. The van der Waals surface area contributed by atoms with Crippen LogP contribution in [0.3, 0.4) is 0 Å². The first-order valence-electron chi connectivity index (χ1n) is 9.18. The number of benzene rings is 1. The molecular formula is C21H34O4Si. The summed E-state index contributed by atoms with van der Waals surface area (Å²) in [5, 5.41) is 0.132. The Bertz CT molecular complexity index is 570. The van der Waals surface area contributed by atoms with Crippen molar-refractivity contribution >= 4 is 14.3 Å². The molecule has 1 aromatic carbocycles. The van der Waals surface area contributed by atoms with Crippen LogP contribution in [-0.4, -0.2) is 32.8 Å². The third-order valence-electron chi connectivity index (χ3n) is 5.01. The van der Waals surface area contributed by atoms with Crippen molar-refractivity contribution < 1.29 is 19.1 Å². The number of hydrogen-bond donors (Lipinski definition) is 1. The lowest BCUT2D eigenvalue weighted by atomic mass is 10.0. The monoisotopic (exact) mass is 378 g/mol. The van der Waals surface area contributed by atoms with Crippen LogP contribution in [0.5, 0.6) is 0 Å². The first-order chi connectivity index (χ1) is 12.1. The second-order valence-electron chi connectivity index (χ2n) is 8.24. The quantitative estimate of drug-likeness (QED) is 0.596. The van der Waals surface area contributed by atoms with Gasteiger partial charge in [0.25, 0.3) is 0 Å². The van der Waals surface area contributed by atoms with Gasteiger partial charge >= 0.3 is 5.97 Å². The highest BCUT2D eigenvalue weighted by atomic mass is 28.4. The first-order valence-corrected chi connectivity index (χ1v) is 12.1. The van der Waals surface area contributed by atoms with E-state index in [9.17, 15) is 9.59 Å². The summed E-state index contributed by atoms with van der Waals surface area (Å²) >= 11 is 0. The molecule has 0 aromatic heterocycles. The smallest absolute Gasteiger partial charge is 0.333 e. The van der Waals surface area contributed by atoms with E-state index in [0.717, 1.165) is 24.0 Å². The van der Waals surface area contributed by atoms with Crippen molar-refractivity contribution in [1.29, 1.82) is 0 Å². The third-order valence-corrected chi connectivity index (χ3v) is 8.68. The normalized spacial score (nSPS) is 17.2. The molecule has 0 saturated heterocycles. The highest BCUT2D eigenvalue weighted by molar-refractivity contribution is 6.72. The molecule has 1 atom stereocenters. The van der Waals surface area contributed by atoms with Crippen LogP contribution in [0.25, 0.3) is 0 Å². The summed E-state index contributed by atoms with van der Waals surface area (Å²) in [4.78, 5) is 21.0. The minimum absolute atomic E-state index is 0.132. The fourth-order valence-corrected chi connectivity index (χ4v) is 2.20. The fourth-order valence-electron chi connectivity index (χ4n) is 2.20. The van der Waals surface area contributed by atoms with Crippen LogP contribution in [-0.2, 0) is 20.9 Å². The van der Waals surface area contributed by atoms with Crippen molar-refractivity contribution in [2.24, 2.45) is 5.92 Å². The molecule has 1 N–H and O–H groups in total. The van der Waals surface area contributed by atoms with Gasteiger partial charge in [-0.3, -0.25) is 0 Å². The lowest BCUT2D eigenvalue weighted by molar-refractivity contribution is -0.136. The van der Waals surface area contributed by atoms with E-state index in [1.54, 1.807) is 0 Å². The van der Waals surface area contributed by atoms with E-state index in [1.807, 2.05) is 49.5 Å². The summed E-state index contributed by atoms with van der Waals surface area (Å²) in [6.07, 6.45) is 3.87. The molecule has 0 aliphatic heterocycles. The van der Waals surface area contributed by atoms with Gasteiger partial charge in [-0.05, 0) is 36.5 Å². The molecule has 146 valence electrons. The van der Waals surface area contributed by atoms with Gasteiger partial charge in [-0.1, -0.05) is 57.2 Å². The van der Waals surface area contributed by atoms with Gasteiger partial charge in [0.15, 0.2) is 8.32 Å². The lowest BCUT2D eigenvalue weighted by Gasteiger charge is -2.30. The molecule has 0 heterocycles.